The number of rotatable bonds is 4. The van der Waals surface area contributed by atoms with Crippen molar-refractivity contribution in [2.45, 2.75) is 13.5 Å². The number of nitrogens with zero attached hydrogens (tertiary/aromatic N) is 3. The maximum atomic E-state index is 5.91. The molecule has 0 saturated carbocycles. The summed E-state index contributed by atoms with van der Waals surface area (Å²) in [6.45, 7) is 2.56. The van der Waals surface area contributed by atoms with Gasteiger partial charge in [0.2, 0.25) is 0 Å². The fourth-order valence-electron chi connectivity index (χ4n) is 1.89. The topological polar surface area (TPSA) is 66.5 Å². The third kappa shape index (κ3) is 4.49. The van der Waals surface area contributed by atoms with Crippen molar-refractivity contribution in [3.05, 3.63) is 53.7 Å². The molecule has 0 aliphatic rings. The second-order valence-corrected chi connectivity index (χ2v) is 5.11. The van der Waals surface area contributed by atoms with Crippen molar-refractivity contribution in [3.8, 4) is 0 Å². The van der Waals surface area contributed by atoms with Gasteiger partial charge < -0.3 is 16.0 Å². The van der Waals surface area contributed by atoms with E-state index in [1.807, 2.05) is 62.3 Å². The minimum atomic E-state index is 0.406. The maximum absolute atomic E-state index is 5.91. The highest BCUT2D eigenvalue weighted by Gasteiger charge is 2.00. The molecule has 2 aromatic rings. The van der Waals surface area contributed by atoms with Crippen molar-refractivity contribution in [2.75, 3.05) is 24.3 Å². The predicted molar refractivity (Wildman–Crippen MR) is 88.7 cm³/mol. The Kier molecular flexibility index (Phi) is 4.77. The minimum Gasteiger partial charge on any atom is -0.370 e. The van der Waals surface area contributed by atoms with Gasteiger partial charge in [-0.3, -0.25) is 0 Å². The molecule has 0 spiro atoms. The first-order valence-electron chi connectivity index (χ1n) is 6.80. The first-order chi connectivity index (χ1) is 10.0. The lowest BCUT2D eigenvalue weighted by molar-refractivity contribution is 1.02. The van der Waals surface area contributed by atoms with Crippen molar-refractivity contribution in [1.82, 2.24) is 4.98 Å². The average Bonchev–Trinajstić information content (AvgIpc) is 2.45. The highest BCUT2D eigenvalue weighted by Crippen LogP contribution is 2.11. The van der Waals surface area contributed by atoms with Gasteiger partial charge in [-0.1, -0.05) is 12.1 Å². The van der Waals surface area contributed by atoms with E-state index in [0.717, 1.165) is 17.1 Å². The number of guanidine groups is 1. The van der Waals surface area contributed by atoms with Gasteiger partial charge in [0.25, 0.3) is 0 Å². The standard InChI is InChI=1S/C16H21N5/c1-12-5-4-6-14(9-12)20-16(17)19-11-13-7-8-18-15(10-13)21(2)3/h4-10H,11H2,1-3H3,(H3,17,19,20). The molecule has 0 unspecified atom stereocenters. The van der Waals surface area contributed by atoms with Crippen molar-refractivity contribution in [2.24, 2.45) is 10.7 Å². The summed E-state index contributed by atoms with van der Waals surface area (Å²) in [5.74, 6) is 1.32. The normalized spacial score (nSPS) is 11.3. The number of aryl methyl sites for hydroxylation is 1. The quantitative estimate of drug-likeness (QED) is 0.668. The van der Waals surface area contributed by atoms with Crippen LogP contribution in [0.5, 0.6) is 0 Å². The van der Waals surface area contributed by atoms with Crippen LogP contribution < -0.4 is 16.0 Å². The van der Waals surface area contributed by atoms with E-state index in [1.165, 1.54) is 5.56 Å². The molecule has 1 aromatic carbocycles. The lowest BCUT2D eigenvalue weighted by Crippen LogP contribution is -2.22. The Balaban J connectivity index is 2.01. The molecule has 0 radical (unpaired) electrons. The lowest BCUT2D eigenvalue weighted by Gasteiger charge is -2.11. The monoisotopic (exact) mass is 283 g/mol. The zero-order valence-electron chi connectivity index (χ0n) is 12.7. The molecule has 5 heteroatoms. The second kappa shape index (κ2) is 6.74. The molecule has 0 aliphatic carbocycles. The highest BCUT2D eigenvalue weighted by atomic mass is 15.1. The molecule has 0 fully saturated rings. The summed E-state index contributed by atoms with van der Waals surface area (Å²) < 4.78 is 0. The number of aromatic nitrogens is 1. The van der Waals surface area contributed by atoms with Gasteiger partial charge in [0, 0.05) is 26.0 Å². The first kappa shape index (κ1) is 14.8. The third-order valence-electron chi connectivity index (χ3n) is 2.99. The minimum absolute atomic E-state index is 0.406. The summed E-state index contributed by atoms with van der Waals surface area (Å²) in [4.78, 5) is 10.6. The van der Waals surface area contributed by atoms with E-state index in [0.29, 0.717) is 12.5 Å². The Labute approximate surface area is 125 Å². The van der Waals surface area contributed by atoms with Crippen molar-refractivity contribution >= 4 is 17.5 Å². The summed E-state index contributed by atoms with van der Waals surface area (Å²) >= 11 is 0. The number of nitrogens with two attached hydrogens (primary N) is 1. The van der Waals surface area contributed by atoms with E-state index >= 15 is 0 Å². The maximum Gasteiger partial charge on any atom is 0.193 e. The molecule has 3 N–H and O–H groups in total. The number of hydrogen-bond acceptors (Lipinski definition) is 3. The zero-order chi connectivity index (χ0) is 15.2. The van der Waals surface area contributed by atoms with Gasteiger partial charge in [-0.2, -0.15) is 0 Å². The van der Waals surface area contributed by atoms with E-state index in [9.17, 15) is 0 Å². The summed E-state index contributed by atoms with van der Waals surface area (Å²) in [5, 5.41) is 3.09. The van der Waals surface area contributed by atoms with Gasteiger partial charge in [0.15, 0.2) is 5.96 Å². The first-order valence-corrected chi connectivity index (χ1v) is 6.80. The number of pyridine rings is 1. The van der Waals surface area contributed by atoms with Crippen molar-refractivity contribution in [1.29, 1.82) is 0 Å². The number of nitrogens with one attached hydrogen (secondary N) is 1. The Morgan fingerprint density at radius 3 is 2.81 bits per heavy atom. The number of benzene rings is 1. The fraction of sp³-hybridized carbons (Fsp3) is 0.250. The Bertz CT molecular complexity index is 634. The molecule has 0 bridgehead atoms. The third-order valence-corrected chi connectivity index (χ3v) is 2.99. The molecule has 110 valence electrons. The van der Waals surface area contributed by atoms with Gasteiger partial charge in [-0.25, -0.2) is 9.98 Å². The summed E-state index contributed by atoms with van der Waals surface area (Å²) in [7, 11) is 3.92. The van der Waals surface area contributed by atoms with Crippen LogP contribution in [0.2, 0.25) is 0 Å². The van der Waals surface area contributed by atoms with Gasteiger partial charge in [-0.15, -0.1) is 0 Å². The molecule has 21 heavy (non-hydrogen) atoms. The highest BCUT2D eigenvalue weighted by molar-refractivity contribution is 5.92. The van der Waals surface area contributed by atoms with Crippen LogP contribution in [0.25, 0.3) is 0 Å². The van der Waals surface area contributed by atoms with Crippen LogP contribution in [0.15, 0.2) is 47.6 Å². The molecule has 1 aromatic heterocycles. The summed E-state index contributed by atoms with van der Waals surface area (Å²) in [6.07, 6.45) is 1.78. The molecule has 0 aliphatic heterocycles. The molecular formula is C16H21N5. The van der Waals surface area contributed by atoms with Gasteiger partial charge in [0.1, 0.15) is 5.82 Å². The largest absolute Gasteiger partial charge is 0.370 e. The van der Waals surface area contributed by atoms with Crippen LogP contribution in [0.4, 0.5) is 11.5 Å². The van der Waals surface area contributed by atoms with Crippen LogP contribution in [0.3, 0.4) is 0 Å². The fourth-order valence-corrected chi connectivity index (χ4v) is 1.89. The van der Waals surface area contributed by atoms with Gasteiger partial charge in [-0.05, 0) is 42.3 Å². The van der Waals surface area contributed by atoms with Crippen LogP contribution in [-0.2, 0) is 6.54 Å². The van der Waals surface area contributed by atoms with Crippen LogP contribution in [0.1, 0.15) is 11.1 Å². The van der Waals surface area contributed by atoms with E-state index in [1.54, 1.807) is 6.20 Å². The number of aliphatic imine (C=N–C) groups is 1. The zero-order valence-corrected chi connectivity index (χ0v) is 12.7. The van der Waals surface area contributed by atoms with Crippen LogP contribution in [-0.4, -0.2) is 25.0 Å². The Hall–Kier alpha value is -2.56. The molecule has 0 atom stereocenters. The van der Waals surface area contributed by atoms with Gasteiger partial charge in [0.05, 0.1) is 6.54 Å². The SMILES string of the molecule is Cc1cccc(NC(N)=NCc2ccnc(N(C)C)c2)c1. The Morgan fingerprint density at radius 1 is 1.29 bits per heavy atom. The van der Waals surface area contributed by atoms with E-state index in [4.69, 9.17) is 5.73 Å². The van der Waals surface area contributed by atoms with E-state index in [2.05, 4.69) is 15.3 Å². The molecule has 2 rings (SSSR count). The van der Waals surface area contributed by atoms with Crippen molar-refractivity contribution in [3.63, 3.8) is 0 Å². The smallest absolute Gasteiger partial charge is 0.193 e. The second-order valence-electron chi connectivity index (χ2n) is 5.11. The predicted octanol–water partition coefficient (Wildman–Crippen LogP) is 2.38. The Morgan fingerprint density at radius 2 is 2.10 bits per heavy atom. The number of hydrogen-bond donors (Lipinski definition) is 2. The molecule has 0 amide bonds. The average molecular weight is 283 g/mol. The summed E-state index contributed by atoms with van der Waals surface area (Å²) in [6, 6.07) is 12.0. The summed E-state index contributed by atoms with van der Waals surface area (Å²) in [5.41, 5.74) is 9.11. The number of anilines is 2. The van der Waals surface area contributed by atoms with Crippen molar-refractivity contribution < 1.29 is 0 Å². The molecular weight excluding hydrogens is 262 g/mol. The lowest BCUT2D eigenvalue weighted by atomic mass is 10.2. The molecule has 1 heterocycles. The van der Waals surface area contributed by atoms with Gasteiger partial charge >= 0.3 is 0 Å². The van der Waals surface area contributed by atoms with Crippen LogP contribution in [0, 0.1) is 6.92 Å². The molecule has 0 saturated heterocycles. The molecule has 5 nitrogen and oxygen atoms in total. The van der Waals surface area contributed by atoms with E-state index in [-0.39, 0.29) is 0 Å². The van der Waals surface area contributed by atoms with E-state index < -0.39 is 0 Å². The van der Waals surface area contributed by atoms with Crippen LogP contribution >= 0.6 is 0 Å².